The second-order valence-corrected chi connectivity index (χ2v) is 11.0. The summed E-state index contributed by atoms with van der Waals surface area (Å²) in [5.41, 5.74) is 1.22. The summed E-state index contributed by atoms with van der Waals surface area (Å²) in [7, 11) is -4.52. The van der Waals surface area contributed by atoms with Gasteiger partial charge in [0.25, 0.3) is 0 Å². The van der Waals surface area contributed by atoms with E-state index < -0.39 is 27.5 Å². The summed E-state index contributed by atoms with van der Waals surface area (Å²) in [5.74, 6) is 1.34. The quantitative estimate of drug-likeness (QED) is 0.542. The lowest BCUT2D eigenvalue weighted by Gasteiger charge is -2.36. The zero-order valence-electron chi connectivity index (χ0n) is 19.2. The third-order valence-electron chi connectivity index (χ3n) is 6.67. The van der Waals surface area contributed by atoms with Crippen LogP contribution in [0.1, 0.15) is 63.9 Å². The number of para-hydroxylation sites is 1. The van der Waals surface area contributed by atoms with Gasteiger partial charge in [-0.1, -0.05) is 18.2 Å². The fourth-order valence-electron chi connectivity index (χ4n) is 4.64. The molecule has 33 heavy (non-hydrogen) atoms. The van der Waals surface area contributed by atoms with E-state index in [9.17, 15) is 21.6 Å². The number of sulfonamides is 1. The van der Waals surface area contributed by atoms with Crippen LogP contribution in [0.2, 0.25) is 0 Å². The normalized spacial score (nSPS) is 27.8. The predicted molar refractivity (Wildman–Crippen MR) is 121 cm³/mol. The first-order valence-corrected chi connectivity index (χ1v) is 13.3. The van der Waals surface area contributed by atoms with E-state index in [1.807, 2.05) is 25.1 Å². The molecule has 0 unspecified atom stereocenters. The minimum absolute atomic E-state index is 0.0515. The number of piperidine rings is 1. The van der Waals surface area contributed by atoms with E-state index >= 15 is 0 Å². The summed E-state index contributed by atoms with van der Waals surface area (Å²) in [6.07, 6.45) is 0.0894. The van der Waals surface area contributed by atoms with Crippen molar-refractivity contribution in [2.75, 3.05) is 19.8 Å². The number of nitrogens with one attached hydrogen (secondary N) is 2. The Morgan fingerprint density at radius 1 is 1.15 bits per heavy atom. The van der Waals surface area contributed by atoms with E-state index in [-0.39, 0.29) is 18.8 Å². The zero-order valence-corrected chi connectivity index (χ0v) is 20.1. The van der Waals surface area contributed by atoms with E-state index in [1.165, 1.54) is 5.56 Å². The van der Waals surface area contributed by atoms with E-state index in [1.54, 1.807) is 0 Å². The molecular weight excluding hydrogens is 457 g/mol. The third-order valence-corrected chi connectivity index (χ3v) is 8.50. The summed E-state index contributed by atoms with van der Waals surface area (Å²) in [6.45, 7) is 4.21. The SMILES string of the molecule is CCOc1ccccc1[C@H]1CC[C@@H](OC[C@@H]2NCCC[C@@H]2NS(=O)(=O)[C@@H](C)C(F)(F)F)CC1. The van der Waals surface area contributed by atoms with E-state index in [0.717, 1.165) is 31.4 Å². The molecule has 10 heteroatoms. The lowest BCUT2D eigenvalue weighted by molar-refractivity contribution is -0.127. The van der Waals surface area contributed by atoms with Gasteiger partial charge in [-0.25, -0.2) is 13.1 Å². The molecule has 1 aromatic carbocycles. The molecule has 0 aromatic heterocycles. The van der Waals surface area contributed by atoms with Crippen LogP contribution in [-0.2, 0) is 14.8 Å². The average molecular weight is 493 g/mol. The van der Waals surface area contributed by atoms with Crippen molar-refractivity contribution in [2.24, 2.45) is 0 Å². The molecule has 2 N–H and O–H groups in total. The van der Waals surface area contributed by atoms with Crippen LogP contribution in [0.5, 0.6) is 5.75 Å². The molecule has 2 fully saturated rings. The minimum Gasteiger partial charge on any atom is -0.494 e. The Morgan fingerprint density at radius 2 is 1.85 bits per heavy atom. The monoisotopic (exact) mass is 492 g/mol. The molecule has 0 spiro atoms. The summed E-state index contributed by atoms with van der Waals surface area (Å²) >= 11 is 0. The fraction of sp³-hybridized carbons (Fsp3) is 0.739. The second kappa shape index (κ2) is 11.4. The van der Waals surface area contributed by atoms with Crippen molar-refractivity contribution >= 4 is 10.0 Å². The van der Waals surface area contributed by atoms with Crippen molar-refractivity contribution in [1.82, 2.24) is 10.0 Å². The first-order chi connectivity index (χ1) is 15.6. The van der Waals surface area contributed by atoms with Crippen molar-refractivity contribution in [3.63, 3.8) is 0 Å². The molecule has 0 bridgehead atoms. The minimum atomic E-state index is -4.81. The van der Waals surface area contributed by atoms with Gasteiger partial charge >= 0.3 is 6.18 Å². The number of alkyl halides is 3. The molecule has 6 nitrogen and oxygen atoms in total. The van der Waals surface area contributed by atoms with Crippen LogP contribution in [0, 0.1) is 0 Å². The highest BCUT2D eigenvalue weighted by Crippen LogP contribution is 2.38. The molecule has 1 saturated heterocycles. The van der Waals surface area contributed by atoms with Crippen molar-refractivity contribution in [3.8, 4) is 5.75 Å². The second-order valence-electron chi connectivity index (χ2n) is 8.93. The van der Waals surface area contributed by atoms with Crippen LogP contribution >= 0.6 is 0 Å². The van der Waals surface area contributed by atoms with Gasteiger partial charge in [0.15, 0.2) is 5.25 Å². The lowest BCUT2D eigenvalue weighted by atomic mass is 9.82. The number of hydrogen-bond donors (Lipinski definition) is 2. The van der Waals surface area contributed by atoms with Crippen molar-refractivity contribution in [2.45, 2.75) is 87.9 Å². The molecule has 3 rings (SSSR count). The summed E-state index contributed by atoms with van der Waals surface area (Å²) in [5, 5.41) is 0.760. The van der Waals surface area contributed by atoms with Crippen LogP contribution in [-0.4, -0.2) is 57.8 Å². The van der Waals surface area contributed by atoms with Gasteiger partial charge in [-0.2, -0.15) is 13.2 Å². The van der Waals surface area contributed by atoms with E-state index in [4.69, 9.17) is 9.47 Å². The van der Waals surface area contributed by atoms with Gasteiger partial charge in [0.2, 0.25) is 10.0 Å². The highest BCUT2D eigenvalue weighted by molar-refractivity contribution is 7.90. The zero-order chi connectivity index (χ0) is 24.1. The van der Waals surface area contributed by atoms with Crippen molar-refractivity contribution in [1.29, 1.82) is 0 Å². The molecule has 2 aliphatic rings. The maximum Gasteiger partial charge on any atom is 0.406 e. The number of benzene rings is 1. The molecule has 188 valence electrons. The Morgan fingerprint density at radius 3 is 2.52 bits per heavy atom. The smallest absolute Gasteiger partial charge is 0.406 e. The van der Waals surface area contributed by atoms with Gasteiger partial charge in [0, 0.05) is 12.1 Å². The topological polar surface area (TPSA) is 76.7 Å². The van der Waals surface area contributed by atoms with Crippen LogP contribution < -0.4 is 14.8 Å². The average Bonchev–Trinajstić information content (AvgIpc) is 2.78. The van der Waals surface area contributed by atoms with Crippen LogP contribution in [0.15, 0.2) is 24.3 Å². The maximum atomic E-state index is 12.9. The first-order valence-electron chi connectivity index (χ1n) is 11.8. The van der Waals surface area contributed by atoms with Crippen molar-refractivity contribution < 1.29 is 31.1 Å². The number of ether oxygens (including phenoxy) is 2. The molecule has 1 aromatic rings. The van der Waals surface area contributed by atoms with E-state index in [2.05, 4.69) is 16.1 Å². The predicted octanol–water partition coefficient (Wildman–Crippen LogP) is 4.12. The van der Waals surface area contributed by atoms with E-state index in [0.29, 0.717) is 38.8 Å². The number of hydrogen-bond acceptors (Lipinski definition) is 5. The Labute approximate surface area is 194 Å². The molecule has 1 aliphatic carbocycles. The first kappa shape index (κ1) is 26.2. The molecule has 1 heterocycles. The third kappa shape index (κ3) is 7.07. The van der Waals surface area contributed by atoms with Crippen LogP contribution in [0.25, 0.3) is 0 Å². The standard InChI is InChI=1S/C23H35F3N2O4S/c1-3-31-22-9-5-4-7-19(22)17-10-12-18(13-11-17)32-15-21-20(8-6-14-27-21)28-33(29,30)16(2)23(24,25)26/h4-5,7,9,16-18,20-21,27-28H,3,6,8,10-15H2,1-2H3/t16-,17-,18+,20-,21-/m0/s1. The molecule has 0 radical (unpaired) electrons. The summed E-state index contributed by atoms with van der Waals surface area (Å²) in [6, 6.07) is 7.13. The largest absolute Gasteiger partial charge is 0.494 e. The number of rotatable bonds is 9. The molecule has 1 saturated carbocycles. The van der Waals surface area contributed by atoms with Gasteiger partial charge in [-0.05, 0) is 76.5 Å². The van der Waals surface area contributed by atoms with Gasteiger partial charge in [0.05, 0.1) is 19.3 Å². The van der Waals surface area contributed by atoms with Gasteiger partial charge in [0.1, 0.15) is 5.75 Å². The Bertz CT molecular complexity index is 858. The highest BCUT2D eigenvalue weighted by Gasteiger charge is 2.46. The molecular formula is C23H35F3N2O4S. The molecule has 0 amide bonds. The van der Waals surface area contributed by atoms with Crippen LogP contribution in [0.4, 0.5) is 13.2 Å². The summed E-state index contributed by atoms with van der Waals surface area (Å²) in [4.78, 5) is 0. The Balaban J connectivity index is 1.52. The Hall–Kier alpha value is -1.36. The van der Waals surface area contributed by atoms with Gasteiger partial charge < -0.3 is 14.8 Å². The Kier molecular flexibility index (Phi) is 9.05. The lowest BCUT2D eigenvalue weighted by Crippen LogP contribution is -2.57. The number of halogens is 3. The maximum absolute atomic E-state index is 12.9. The fourth-order valence-corrected chi connectivity index (χ4v) is 5.90. The van der Waals surface area contributed by atoms with Crippen LogP contribution in [0.3, 0.4) is 0 Å². The summed E-state index contributed by atoms with van der Waals surface area (Å²) < 4.78 is 77.4. The van der Waals surface area contributed by atoms with Crippen molar-refractivity contribution in [3.05, 3.63) is 29.8 Å². The molecule has 3 atom stereocenters. The van der Waals surface area contributed by atoms with Gasteiger partial charge in [-0.3, -0.25) is 0 Å². The highest BCUT2D eigenvalue weighted by atomic mass is 32.2. The van der Waals surface area contributed by atoms with Gasteiger partial charge in [-0.15, -0.1) is 0 Å². The molecule has 1 aliphatic heterocycles.